The highest BCUT2D eigenvalue weighted by atomic mass is 19.4. The number of benzene rings is 1. The third-order valence-electron chi connectivity index (χ3n) is 4.29. The van der Waals surface area contributed by atoms with E-state index in [1.54, 1.807) is 0 Å². The van der Waals surface area contributed by atoms with Gasteiger partial charge >= 0.3 is 23.8 Å². The van der Waals surface area contributed by atoms with Gasteiger partial charge in [-0.3, -0.25) is 29.8 Å². The van der Waals surface area contributed by atoms with Gasteiger partial charge in [-0.2, -0.15) is 13.2 Å². The second-order valence-corrected chi connectivity index (χ2v) is 6.37. The van der Waals surface area contributed by atoms with Crippen LogP contribution in [0, 0.1) is 20.2 Å². The maximum absolute atomic E-state index is 12.4. The molecule has 0 aliphatic carbocycles. The standard InChI is InChI=1S/C14H16N4O8.C2HF3O2/c1-26-13-7-4-5-16(11(19)3-2-8(15)14(20)21)12(7)9(17(22)23)6-10(13)18(24)25;3-2(4,5)1(6)7/h6,8H,2-5,15H2,1H3,(H,20,21);(H,6,7). The molecule has 1 aromatic carbocycles. The Balaban J connectivity index is 0.000000675. The maximum atomic E-state index is 12.4. The lowest BCUT2D eigenvalue weighted by Gasteiger charge is -2.18. The molecule has 0 radical (unpaired) electrons. The molecule has 1 amide bonds. The predicted octanol–water partition coefficient (Wildman–Crippen LogP) is 1.23. The van der Waals surface area contributed by atoms with Crippen LogP contribution in [0.2, 0.25) is 0 Å². The van der Waals surface area contributed by atoms with Crippen molar-refractivity contribution in [1.82, 2.24) is 0 Å². The average molecular weight is 482 g/mol. The van der Waals surface area contributed by atoms with E-state index in [1.807, 2.05) is 0 Å². The van der Waals surface area contributed by atoms with Crippen LogP contribution in [0.3, 0.4) is 0 Å². The largest absolute Gasteiger partial charge is 0.490 e. The highest BCUT2D eigenvalue weighted by Crippen LogP contribution is 2.47. The fourth-order valence-electron chi connectivity index (χ4n) is 2.84. The lowest BCUT2D eigenvalue weighted by atomic mass is 10.1. The van der Waals surface area contributed by atoms with Crippen LogP contribution >= 0.6 is 0 Å². The second kappa shape index (κ2) is 10.5. The number of carboxylic acid groups (broad SMARTS) is 2. The molecule has 14 nitrogen and oxygen atoms in total. The molecular formula is C16H17F3N4O10. The molecule has 0 saturated carbocycles. The van der Waals surface area contributed by atoms with Gasteiger partial charge in [-0.25, -0.2) is 4.79 Å². The number of carbonyl (C=O) groups excluding carboxylic acids is 1. The van der Waals surface area contributed by atoms with Crippen molar-refractivity contribution < 1.29 is 52.4 Å². The van der Waals surface area contributed by atoms with Gasteiger partial charge < -0.3 is 25.6 Å². The van der Waals surface area contributed by atoms with Gasteiger partial charge in [0.15, 0.2) is 0 Å². The quantitative estimate of drug-likeness (QED) is 0.371. The first-order chi connectivity index (χ1) is 15.1. The Labute approximate surface area is 181 Å². The Bertz CT molecular complexity index is 982. The predicted molar refractivity (Wildman–Crippen MR) is 101 cm³/mol. The molecule has 1 unspecified atom stereocenters. The first-order valence-electron chi connectivity index (χ1n) is 8.74. The minimum atomic E-state index is -5.08. The fourth-order valence-corrected chi connectivity index (χ4v) is 2.84. The van der Waals surface area contributed by atoms with Gasteiger partial charge in [0.05, 0.1) is 17.0 Å². The molecule has 0 aromatic heterocycles. The number of nitro benzene ring substituents is 2. The van der Waals surface area contributed by atoms with E-state index in [0.717, 1.165) is 11.0 Å². The minimum Gasteiger partial charge on any atom is -0.490 e. The topological polar surface area (TPSA) is 216 Å². The van der Waals surface area contributed by atoms with Crippen molar-refractivity contribution in [1.29, 1.82) is 0 Å². The Morgan fingerprint density at radius 1 is 1.21 bits per heavy atom. The van der Waals surface area contributed by atoms with E-state index in [-0.39, 0.29) is 42.8 Å². The molecule has 0 fully saturated rings. The summed E-state index contributed by atoms with van der Waals surface area (Å²) in [5.74, 6) is -4.71. The van der Waals surface area contributed by atoms with Crippen LogP contribution in [0.4, 0.5) is 30.2 Å². The van der Waals surface area contributed by atoms with Gasteiger partial charge in [0.2, 0.25) is 11.7 Å². The number of methoxy groups -OCH3 is 1. The molecular weight excluding hydrogens is 465 g/mol. The summed E-state index contributed by atoms with van der Waals surface area (Å²) in [6.45, 7) is 0.0643. The number of alkyl halides is 3. The van der Waals surface area contributed by atoms with Gasteiger partial charge in [-0.15, -0.1) is 0 Å². The molecule has 33 heavy (non-hydrogen) atoms. The van der Waals surface area contributed by atoms with E-state index in [9.17, 15) is 43.0 Å². The van der Waals surface area contributed by atoms with Crippen LogP contribution in [-0.4, -0.2) is 63.8 Å². The Morgan fingerprint density at radius 3 is 2.12 bits per heavy atom. The number of amides is 1. The number of aliphatic carboxylic acids is 2. The molecule has 1 aliphatic rings. The van der Waals surface area contributed by atoms with Crippen molar-refractivity contribution in [3.05, 3.63) is 31.9 Å². The van der Waals surface area contributed by atoms with Crippen LogP contribution in [-0.2, 0) is 20.8 Å². The first kappa shape index (κ1) is 27.0. The Hall–Kier alpha value is -4.02. The summed E-state index contributed by atoms with van der Waals surface area (Å²) in [6.07, 6.45) is -5.32. The highest BCUT2D eigenvalue weighted by Gasteiger charge is 2.39. The molecule has 0 saturated heterocycles. The van der Waals surface area contributed by atoms with Crippen molar-refractivity contribution >= 4 is 34.9 Å². The maximum Gasteiger partial charge on any atom is 0.490 e. The van der Waals surface area contributed by atoms with E-state index < -0.39 is 51.3 Å². The number of fused-ring (bicyclic) bond motifs is 1. The number of rotatable bonds is 7. The zero-order valence-electron chi connectivity index (χ0n) is 16.7. The summed E-state index contributed by atoms with van der Waals surface area (Å²) in [7, 11) is 1.20. The van der Waals surface area contributed by atoms with Crippen molar-refractivity contribution in [2.75, 3.05) is 18.6 Å². The van der Waals surface area contributed by atoms with Gasteiger partial charge in [0.25, 0.3) is 5.69 Å². The van der Waals surface area contributed by atoms with Gasteiger partial charge in [-0.1, -0.05) is 0 Å². The van der Waals surface area contributed by atoms with Gasteiger partial charge in [0, 0.05) is 18.5 Å². The van der Waals surface area contributed by atoms with Crippen molar-refractivity contribution in [2.45, 2.75) is 31.5 Å². The van der Waals surface area contributed by atoms with Crippen molar-refractivity contribution in [2.24, 2.45) is 5.73 Å². The third-order valence-corrected chi connectivity index (χ3v) is 4.29. The lowest BCUT2D eigenvalue weighted by Crippen LogP contribution is -2.34. The Morgan fingerprint density at radius 2 is 1.73 bits per heavy atom. The monoisotopic (exact) mass is 482 g/mol. The number of carboxylic acids is 2. The lowest BCUT2D eigenvalue weighted by molar-refractivity contribution is -0.394. The molecule has 2 rings (SSSR count). The summed E-state index contributed by atoms with van der Waals surface area (Å²) >= 11 is 0. The molecule has 1 aliphatic heterocycles. The van der Waals surface area contributed by atoms with Crippen molar-refractivity contribution in [3.8, 4) is 5.75 Å². The van der Waals surface area contributed by atoms with E-state index in [4.69, 9.17) is 25.5 Å². The minimum absolute atomic E-state index is 0.0636. The van der Waals surface area contributed by atoms with Gasteiger partial charge in [0.1, 0.15) is 17.8 Å². The Kier molecular flexibility index (Phi) is 8.62. The number of hydrogen-bond donors (Lipinski definition) is 3. The number of hydrogen-bond acceptors (Lipinski definition) is 9. The summed E-state index contributed by atoms with van der Waals surface area (Å²) in [5.41, 5.74) is 4.36. The molecule has 182 valence electrons. The molecule has 4 N–H and O–H groups in total. The summed E-state index contributed by atoms with van der Waals surface area (Å²) in [5, 5.41) is 38.4. The van der Waals surface area contributed by atoms with Crippen LogP contribution in [0.25, 0.3) is 0 Å². The molecule has 17 heteroatoms. The normalized spacial score (nSPS) is 13.3. The molecule has 1 heterocycles. The van der Waals surface area contributed by atoms with E-state index in [0.29, 0.717) is 0 Å². The van der Waals surface area contributed by atoms with E-state index in [2.05, 4.69) is 0 Å². The second-order valence-electron chi connectivity index (χ2n) is 6.37. The number of nitrogens with zero attached hydrogens (tertiary/aromatic N) is 3. The average Bonchev–Trinajstić information content (AvgIpc) is 3.14. The van der Waals surface area contributed by atoms with Gasteiger partial charge in [-0.05, 0) is 12.8 Å². The number of carbonyl (C=O) groups is 3. The SMILES string of the molecule is COc1c([N+](=O)[O-])cc([N+](=O)[O-])c2c1CCN2C(=O)CCC(N)C(=O)O.O=C(O)C(F)(F)F. The van der Waals surface area contributed by atoms with Crippen molar-refractivity contribution in [3.63, 3.8) is 0 Å². The summed E-state index contributed by atoms with van der Waals surface area (Å²) < 4.78 is 36.8. The van der Waals surface area contributed by atoms with Crippen LogP contribution in [0.1, 0.15) is 18.4 Å². The fraction of sp³-hybridized carbons (Fsp3) is 0.438. The summed E-state index contributed by atoms with van der Waals surface area (Å²) in [6, 6.07) is -0.478. The number of nitro groups is 2. The highest BCUT2D eigenvalue weighted by molar-refractivity contribution is 5.99. The zero-order chi connectivity index (χ0) is 25.7. The van der Waals surface area contributed by atoms with Crippen LogP contribution in [0.5, 0.6) is 5.75 Å². The number of halogens is 3. The smallest absolute Gasteiger partial charge is 0.490 e. The number of nitrogens with two attached hydrogens (primary N) is 1. The zero-order valence-corrected chi connectivity index (χ0v) is 16.7. The molecule has 0 bridgehead atoms. The summed E-state index contributed by atoms with van der Waals surface area (Å²) in [4.78, 5) is 54.1. The van der Waals surface area contributed by atoms with Crippen LogP contribution < -0.4 is 15.4 Å². The van der Waals surface area contributed by atoms with Crippen LogP contribution in [0.15, 0.2) is 6.07 Å². The molecule has 1 aromatic rings. The first-order valence-corrected chi connectivity index (χ1v) is 8.74. The van der Waals surface area contributed by atoms with E-state index >= 15 is 0 Å². The number of anilines is 1. The van der Waals surface area contributed by atoms with E-state index in [1.165, 1.54) is 7.11 Å². The number of ether oxygens (including phenoxy) is 1. The third kappa shape index (κ3) is 6.48. The molecule has 1 atom stereocenters. The molecule has 0 spiro atoms.